The van der Waals surface area contributed by atoms with Gasteiger partial charge in [0.25, 0.3) is 0 Å². The molecule has 1 heterocycles. The summed E-state index contributed by atoms with van der Waals surface area (Å²) in [5.74, 6) is 0.859. The van der Waals surface area contributed by atoms with Gasteiger partial charge in [-0.05, 0) is 34.1 Å². The molecule has 3 aromatic rings. The highest BCUT2D eigenvalue weighted by Crippen LogP contribution is 2.30. The number of aromatic nitrogens is 2. The number of nitrogens with zero attached hydrogens (tertiary/aromatic N) is 1. The largest absolute Gasteiger partial charge is 0.344 e. The Morgan fingerprint density at radius 3 is 2.47 bits per heavy atom. The van der Waals surface area contributed by atoms with Crippen molar-refractivity contribution in [3.05, 3.63) is 63.7 Å². The average Bonchev–Trinajstić information content (AvgIpc) is 2.89. The van der Waals surface area contributed by atoms with E-state index in [2.05, 4.69) is 54.0 Å². The lowest BCUT2D eigenvalue weighted by molar-refractivity contribution is 1.30. The van der Waals surface area contributed by atoms with Crippen LogP contribution < -0.4 is 0 Å². The molecule has 0 spiro atoms. The Bertz CT molecular complexity index is 705. The van der Waals surface area contributed by atoms with Gasteiger partial charge in [-0.25, -0.2) is 4.98 Å². The Kier molecular flexibility index (Phi) is 3.53. The molecular formula is C15H10Br2N2. The number of nitrogens with one attached hydrogen (secondary N) is 1. The zero-order valence-electron chi connectivity index (χ0n) is 9.90. The standard InChI is InChI=1S/C15H10Br2N2/c16-11-6-7-12(13(17)8-11)15-18-9-14(19-15)10-4-2-1-3-5-10/h1-9H,(H,18,19). The predicted octanol–water partition coefficient (Wildman–Crippen LogP) is 5.27. The number of aromatic amines is 1. The van der Waals surface area contributed by atoms with E-state index in [9.17, 15) is 0 Å². The Morgan fingerprint density at radius 2 is 1.74 bits per heavy atom. The summed E-state index contributed by atoms with van der Waals surface area (Å²) in [5, 5.41) is 0. The molecule has 0 saturated heterocycles. The van der Waals surface area contributed by atoms with Gasteiger partial charge in [0.2, 0.25) is 0 Å². The Morgan fingerprint density at radius 1 is 0.947 bits per heavy atom. The first-order valence-corrected chi connectivity index (χ1v) is 7.39. The zero-order valence-corrected chi connectivity index (χ0v) is 13.1. The number of hydrogen-bond acceptors (Lipinski definition) is 1. The molecule has 0 radical (unpaired) electrons. The van der Waals surface area contributed by atoms with Gasteiger partial charge < -0.3 is 4.98 Å². The van der Waals surface area contributed by atoms with Gasteiger partial charge >= 0.3 is 0 Å². The molecule has 0 amide bonds. The third-order valence-electron chi connectivity index (χ3n) is 2.83. The SMILES string of the molecule is Brc1ccc(-c2nc(-c3ccccc3)c[nH]2)c(Br)c1. The molecular weight excluding hydrogens is 368 g/mol. The van der Waals surface area contributed by atoms with E-state index in [-0.39, 0.29) is 0 Å². The fourth-order valence-electron chi connectivity index (χ4n) is 1.90. The van der Waals surface area contributed by atoms with E-state index in [1.165, 1.54) is 0 Å². The molecule has 1 N–H and O–H groups in total. The van der Waals surface area contributed by atoms with Crippen molar-refractivity contribution in [3.8, 4) is 22.6 Å². The number of benzene rings is 2. The second kappa shape index (κ2) is 5.31. The first kappa shape index (κ1) is 12.6. The van der Waals surface area contributed by atoms with Crippen molar-refractivity contribution < 1.29 is 0 Å². The van der Waals surface area contributed by atoms with E-state index in [1.807, 2.05) is 42.6 Å². The van der Waals surface area contributed by atoms with Crippen molar-refractivity contribution >= 4 is 31.9 Å². The highest BCUT2D eigenvalue weighted by Gasteiger charge is 2.09. The van der Waals surface area contributed by atoms with Crippen LogP contribution in [0.4, 0.5) is 0 Å². The summed E-state index contributed by atoms with van der Waals surface area (Å²) in [5.41, 5.74) is 3.11. The number of H-pyrrole nitrogens is 1. The van der Waals surface area contributed by atoms with Crippen molar-refractivity contribution in [1.29, 1.82) is 0 Å². The molecule has 94 valence electrons. The highest BCUT2D eigenvalue weighted by atomic mass is 79.9. The van der Waals surface area contributed by atoms with Gasteiger partial charge in [-0.3, -0.25) is 0 Å². The second-order valence-electron chi connectivity index (χ2n) is 4.12. The molecule has 4 heteroatoms. The quantitative estimate of drug-likeness (QED) is 0.647. The van der Waals surface area contributed by atoms with Gasteiger partial charge in [0.05, 0.1) is 5.69 Å². The van der Waals surface area contributed by atoms with Crippen molar-refractivity contribution in [2.45, 2.75) is 0 Å². The lowest BCUT2D eigenvalue weighted by Gasteiger charge is -2.01. The van der Waals surface area contributed by atoms with E-state index >= 15 is 0 Å². The van der Waals surface area contributed by atoms with Crippen LogP contribution in [0.2, 0.25) is 0 Å². The predicted molar refractivity (Wildman–Crippen MR) is 84.9 cm³/mol. The van der Waals surface area contributed by atoms with Crippen molar-refractivity contribution in [2.24, 2.45) is 0 Å². The van der Waals surface area contributed by atoms with Gasteiger partial charge in [0.1, 0.15) is 5.82 Å². The van der Waals surface area contributed by atoms with Crippen LogP contribution >= 0.6 is 31.9 Å². The molecule has 0 aliphatic carbocycles. The van der Waals surface area contributed by atoms with Crippen LogP contribution in [0.5, 0.6) is 0 Å². The normalized spacial score (nSPS) is 10.6. The molecule has 0 aliphatic heterocycles. The topological polar surface area (TPSA) is 28.7 Å². The van der Waals surface area contributed by atoms with Crippen LogP contribution in [0.15, 0.2) is 63.7 Å². The Hall–Kier alpha value is -1.39. The maximum atomic E-state index is 4.64. The minimum absolute atomic E-state index is 0.859. The maximum Gasteiger partial charge on any atom is 0.139 e. The van der Waals surface area contributed by atoms with E-state index in [1.54, 1.807) is 0 Å². The van der Waals surface area contributed by atoms with Crippen molar-refractivity contribution in [1.82, 2.24) is 9.97 Å². The minimum atomic E-state index is 0.859. The molecule has 2 nitrogen and oxygen atoms in total. The lowest BCUT2D eigenvalue weighted by atomic mass is 10.2. The smallest absolute Gasteiger partial charge is 0.139 e. The number of rotatable bonds is 2. The third-order valence-corrected chi connectivity index (χ3v) is 3.98. The van der Waals surface area contributed by atoms with E-state index in [0.29, 0.717) is 0 Å². The molecule has 0 bridgehead atoms. The monoisotopic (exact) mass is 376 g/mol. The van der Waals surface area contributed by atoms with E-state index in [4.69, 9.17) is 0 Å². The molecule has 0 fully saturated rings. The van der Waals surface area contributed by atoms with Crippen molar-refractivity contribution in [2.75, 3.05) is 0 Å². The fourth-order valence-corrected chi connectivity index (χ4v) is 3.13. The van der Waals surface area contributed by atoms with Gasteiger partial charge in [-0.2, -0.15) is 0 Å². The molecule has 1 aromatic heterocycles. The molecule has 2 aromatic carbocycles. The lowest BCUT2D eigenvalue weighted by Crippen LogP contribution is -1.83. The number of hydrogen-bond donors (Lipinski definition) is 1. The van der Waals surface area contributed by atoms with E-state index in [0.717, 1.165) is 31.6 Å². The summed E-state index contributed by atoms with van der Waals surface area (Å²) in [4.78, 5) is 7.86. The summed E-state index contributed by atoms with van der Waals surface area (Å²) in [6.07, 6.45) is 1.93. The van der Waals surface area contributed by atoms with Crippen LogP contribution in [0.3, 0.4) is 0 Å². The van der Waals surface area contributed by atoms with Crippen LogP contribution in [-0.4, -0.2) is 9.97 Å². The number of halogens is 2. The highest BCUT2D eigenvalue weighted by molar-refractivity contribution is 9.11. The van der Waals surface area contributed by atoms with E-state index < -0.39 is 0 Å². The summed E-state index contributed by atoms with van der Waals surface area (Å²) < 4.78 is 2.05. The third kappa shape index (κ3) is 2.65. The van der Waals surface area contributed by atoms with Crippen LogP contribution in [0.1, 0.15) is 0 Å². The first-order chi connectivity index (χ1) is 9.24. The molecule has 3 rings (SSSR count). The van der Waals surface area contributed by atoms with Crippen LogP contribution in [0, 0.1) is 0 Å². The summed E-state index contributed by atoms with van der Waals surface area (Å²) in [7, 11) is 0. The number of imidazole rings is 1. The molecule has 19 heavy (non-hydrogen) atoms. The minimum Gasteiger partial charge on any atom is -0.344 e. The fraction of sp³-hybridized carbons (Fsp3) is 0. The van der Waals surface area contributed by atoms with Gasteiger partial charge in [-0.15, -0.1) is 0 Å². The van der Waals surface area contributed by atoms with Crippen molar-refractivity contribution in [3.63, 3.8) is 0 Å². The zero-order chi connectivity index (χ0) is 13.2. The van der Waals surface area contributed by atoms with Crippen LogP contribution in [0.25, 0.3) is 22.6 Å². The summed E-state index contributed by atoms with van der Waals surface area (Å²) >= 11 is 7.01. The summed E-state index contributed by atoms with van der Waals surface area (Å²) in [6, 6.07) is 16.2. The maximum absolute atomic E-state index is 4.64. The van der Waals surface area contributed by atoms with Gasteiger partial charge in [0, 0.05) is 26.3 Å². The van der Waals surface area contributed by atoms with Gasteiger partial charge in [-0.1, -0.05) is 46.3 Å². The average molecular weight is 378 g/mol. The van der Waals surface area contributed by atoms with Gasteiger partial charge in [0.15, 0.2) is 0 Å². The van der Waals surface area contributed by atoms with Crippen LogP contribution in [-0.2, 0) is 0 Å². The molecule has 0 aliphatic rings. The molecule has 0 saturated carbocycles. The Labute approximate surface area is 128 Å². The Balaban J connectivity index is 2.02. The summed E-state index contributed by atoms with van der Waals surface area (Å²) in [6.45, 7) is 0. The first-order valence-electron chi connectivity index (χ1n) is 5.80. The second-order valence-corrected chi connectivity index (χ2v) is 5.89. The molecule has 0 atom stereocenters. The molecule has 0 unspecified atom stereocenters.